The van der Waals surface area contributed by atoms with Gasteiger partial charge in [0.25, 0.3) is 0 Å². The third-order valence-corrected chi connectivity index (χ3v) is 5.21. The average molecular weight is 429 g/mol. The Morgan fingerprint density at radius 1 is 1.30 bits per heavy atom. The number of amides is 2. The zero-order valence-electron chi connectivity index (χ0n) is 16.0. The van der Waals surface area contributed by atoms with Gasteiger partial charge in [0, 0.05) is 34.9 Å². The maximum Gasteiger partial charge on any atom is 0.337 e. The molecule has 154 valence electrons. The summed E-state index contributed by atoms with van der Waals surface area (Å²) in [6, 6.07) is 9.60. The highest BCUT2D eigenvalue weighted by Gasteiger charge is 2.35. The van der Waals surface area contributed by atoms with Gasteiger partial charge >= 0.3 is 12.0 Å². The number of esters is 1. The van der Waals surface area contributed by atoms with Crippen LogP contribution in [0, 0.1) is 5.82 Å². The van der Waals surface area contributed by atoms with E-state index in [1.807, 2.05) is 0 Å². The Kier molecular flexibility index (Phi) is 5.41. The van der Waals surface area contributed by atoms with Crippen LogP contribution in [0.3, 0.4) is 0 Å². The molecule has 2 amide bonds. The first-order chi connectivity index (χ1) is 14.5. The molecule has 1 atom stereocenters. The minimum absolute atomic E-state index is 0.268. The summed E-state index contributed by atoms with van der Waals surface area (Å²) in [5, 5.41) is 3.05. The van der Waals surface area contributed by atoms with E-state index in [9.17, 15) is 14.0 Å². The number of hydrogen-bond donors (Lipinski definition) is 2. The van der Waals surface area contributed by atoms with Crippen LogP contribution in [-0.4, -0.2) is 40.5 Å². The molecule has 0 spiro atoms. The van der Waals surface area contributed by atoms with Crippen LogP contribution in [0.15, 0.2) is 48.8 Å². The van der Waals surface area contributed by atoms with Gasteiger partial charge in [0.2, 0.25) is 0 Å². The van der Waals surface area contributed by atoms with Crippen molar-refractivity contribution in [3.63, 3.8) is 0 Å². The second kappa shape index (κ2) is 8.16. The molecule has 0 radical (unpaired) electrons. The first-order valence-electron chi connectivity index (χ1n) is 9.21. The van der Waals surface area contributed by atoms with Gasteiger partial charge in [-0.2, -0.15) is 0 Å². The summed E-state index contributed by atoms with van der Waals surface area (Å²) in [6.45, 7) is 0.352. The smallest absolute Gasteiger partial charge is 0.337 e. The number of aromatic nitrogens is 2. The first kappa shape index (κ1) is 19.9. The molecule has 1 aliphatic rings. The van der Waals surface area contributed by atoms with Crippen LogP contribution < -0.4 is 5.32 Å². The molecule has 0 unspecified atom stereocenters. The third kappa shape index (κ3) is 3.73. The van der Waals surface area contributed by atoms with Gasteiger partial charge in [0.15, 0.2) is 0 Å². The molecule has 3 aromatic rings. The highest BCUT2D eigenvalue weighted by molar-refractivity contribution is 6.30. The molecular formula is C21H18ClFN4O3. The van der Waals surface area contributed by atoms with E-state index in [0.29, 0.717) is 35.5 Å². The van der Waals surface area contributed by atoms with E-state index in [1.165, 1.54) is 30.5 Å². The molecule has 0 saturated heterocycles. The normalized spacial score (nSPS) is 15.4. The van der Waals surface area contributed by atoms with E-state index in [2.05, 4.69) is 15.3 Å². The van der Waals surface area contributed by atoms with Crippen LogP contribution in [0.1, 0.15) is 33.4 Å². The van der Waals surface area contributed by atoms with Crippen molar-refractivity contribution < 1.29 is 18.7 Å². The minimum atomic E-state index is -0.721. The number of nitrogens with one attached hydrogen (secondary N) is 2. The lowest BCUT2D eigenvalue weighted by Crippen LogP contribution is -2.43. The first-order valence-corrected chi connectivity index (χ1v) is 9.59. The minimum Gasteiger partial charge on any atom is -0.465 e. The number of carbonyl (C=O) groups excluding carboxylic acids is 2. The summed E-state index contributed by atoms with van der Waals surface area (Å²) in [5.74, 6) is -1.03. The fourth-order valence-corrected chi connectivity index (χ4v) is 3.73. The Balaban J connectivity index is 1.67. The molecule has 0 bridgehead atoms. The molecule has 0 fully saturated rings. The molecule has 2 heterocycles. The molecule has 4 rings (SSSR count). The number of aromatic amines is 1. The summed E-state index contributed by atoms with van der Waals surface area (Å²) in [7, 11) is 1.29. The number of benzene rings is 2. The van der Waals surface area contributed by atoms with E-state index >= 15 is 0 Å². The quantitative estimate of drug-likeness (QED) is 0.613. The molecule has 1 aliphatic heterocycles. The van der Waals surface area contributed by atoms with Gasteiger partial charge in [-0.05, 0) is 30.3 Å². The molecule has 0 saturated carbocycles. The monoisotopic (exact) mass is 428 g/mol. The van der Waals surface area contributed by atoms with Crippen LogP contribution in [0.25, 0.3) is 0 Å². The van der Waals surface area contributed by atoms with E-state index in [1.54, 1.807) is 30.3 Å². The van der Waals surface area contributed by atoms with Crippen molar-refractivity contribution in [3.8, 4) is 0 Å². The Morgan fingerprint density at radius 3 is 2.90 bits per heavy atom. The number of rotatable bonds is 3. The summed E-state index contributed by atoms with van der Waals surface area (Å²) in [5.41, 5.74) is 2.47. The highest BCUT2D eigenvalue weighted by Crippen LogP contribution is 2.35. The van der Waals surface area contributed by atoms with Crippen molar-refractivity contribution in [2.24, 2.45) is 0 Å². The lowest BCUT2D eigenvalue weighted by molar-refractivity contribution is 0.0600. The Labute approximate surface area is 176 Å². The van der Waals surface area contributed by atoms with Crippen LogP contribution >= 0.6 is 11.6 Å². The van der Waals surface area contributed by atoms with Crippen molar-refractivity contribution in [3.05, 3.63) is 82.1 Å². The highest BCUT2D eigenvalue weighted by atomic mass is 35.5. The van der Waals surface area contributed by atoms with Crippen molar-refractivity contribution in [2.75, 3.05) is 19.0 Å². The molecule has 7 nitrogen and oxygen atoms in total. The maximum absolute atomic E-state index is 14.7. The second-order valence-corrected chi connectivity index (χ2v) is 7.22. The summed E-state index contributed by atoms with van der Waals surface area (Å²) in [6.07, 6.45) is 2.09. The zero-order chi connectivity index (χ0) is 21.3. The standard InChI is InChI=1S/C21H18ClFN4O3/c1-30-20(28)12-3-2-4-14(9-12)26-21(29)27-8-7-17-18(25-11-24-17)19(27)15-6-5-13(22)10-16(15)23/h2-6,9-11,19H,7-8H2,1H3,(H,24,25)(H,26,29)/t19-/m1/s1. The SMILES string of the molecule is COC(=O)c1cccc(NC(=O)N2CCc3[nH]cnc3[C@H]2c2ccc(Cl)cc2F)c1. The van der Waals surface area contributed by atoms with Crippen LogP contribution in [0.4, 0.5) is 14.9 Å². The number of anilines is 1. The number of methoxy groups -OCH3 is 1. The molecule has 30 heavy (non-hydrogen) atoms. The number of fused-ring (bicyclic) bond motifs is 1. The number of hydrogen-bond acceptors (Lipinski definition) is 4. The van der Waals surface area contributed by atoms with Gasteiger partial charge in [0.1, 0.15) is 11.9 Å². The predicted octanol–water partition coefficient (Wildman–Crippen LogP) is 4.17. The number of ether oxygens (including phenoxy) is 1. The fraction of sp³-hybridized carbons (Fsp3) is 0.190. The summed E-state index contributed by atoms with van der Waals surface area (Å²) in [4.78, 5) is 33.8. The van der Waals surface area contributed by atoms with Crippen molar-refractivity contribution in [2.45, 2.75) is 12.5 Å². The van der Waals surface area contributed by atoms with E-state index in [0.717, 1.165) is 5.69 Å². The Hall–Kier alpha value is -3.39. The van der Waals surface area contributed by atoms with Crippen LogP contribution in [-0.2, 0) is 11.2 Å². The van der Waals surface area contributed by atoms with Gasteiger partial charge in [-0.3, -0.25) is 0 Å². The predicted molar refractivity (Wildman–Crippen MR) is 109 cm³/mol. The van der Waals surface area contributed by atoms with E-state index in [-0.39, 0.29) is 5.02 Å². The molecular weight excluding hydrogens is 411 g/mol. The van der Waals surface area contributed by atoms with Crippen molar-refractivity contribution in [1.82, 2.24) is 14.9 Å². The summed E-state index contributed by atoms with van der Waals surface area (Å²) >= 11 is 5.90. The maximum atomic E-state index is 14.7. The lowest BCUT2D eigenvalue weighted by atomic mass is 9.95. The third-order valence-electron chi connectivity index (χ3n) is 4.98. The Morgan fingerprint density at radius 2 is 2.13 bits per heavy atom. The van der Waals surface area contributed by atoms with Gasteiger partial charge in [-0.1, -0.05) is 23.7 Å². The average Bonchev–Trinajstić information content (AvgIpc) is 3.22. The number of halogens is 2. The Bertz CT molecular complexity index is 1120. The zero-order valence-corrected chi connectivity index (χ0v) is 16.7. The molecule has 9 heteroatoms. The number of carbonyl (C=O) groups is 2. The van der Waals surface area contributed by atoms with Crippen molar-refractivity contribution in [1.29, 1.82) is 0 Å². The number of urea groups is 1. The molecule has 2 aromatic carbocycles. The number of nitrogens with zero attached hydrogens (tertiary/aromatic N) is 2. The number of imidazole rings is 1. The summed E-state index contributed by atoms with van der Waals surface area (Å²) < 4.78 is 19.5. The largest absolute Gasteiger partial charge is 0.465 e. The van der Waals surface area contributed by atoms with E-state index < -0.39 is 23.9 Å². The van der Waals surface area contributed by atoms with E-state index in [4.69, 9.17) is 16.3 Å². The van der Waals surface area contributed by atoms with Crippen LogP contribution in [0.5, 0.6) is 0 Å². The van der Waals surface area contributed by atoms with Crippen LogP contribution in [0.2, 0.25) is 5.02 Å². The van der Waals surface area contributed by atoms with Crippen molar-refractivity contribution >= 4 is 29.3 Å². The van der Waals surface area contributed by atoms with Gasteiger partial charge in [-0.25, -0.2) is 19.0 Å². The topological polar surface area (TPSA) is 87.3 Å². The lowest BCUT2D eigenvalue weighted by Gasteiger charge is -2.35. The van der Waals surface area contributed by atoms with Gasteiger partial charge in [-0.15, -0.1) is 0 Å². The molecule has 2 N–H and O–H groups in total. The molecule has 1 aromatic heterocycles. The second-order valence-electron chi connectivity index (χ2n) is 6.78. The molecule has 0 aliphatic carbocycles. The van der Waals surface area contributed by atoms with Gasteiger partial charge in [0.05, 0.1) is 24.7 Å². The fourth-order valence-electron chi connectivity index (χ4n) is 3.57. The van der Waals surface area contributed by atoms with Gasteiger partial charge < -0.3 is 19.9 Å². The number of H-pyrrole nitrogens is 1.